The van der Waals surface area contributed by atoms with E-state index >= 15 is 0 Å². The third kappa shape index (κ3) is 3.52. The van der Waals surface area contributed by atoms with Gasteiger partial charge in [0.2, 0.25) is 11.8 Å². The summed E-state index contributed by atoms with van der Waals surface area (Å²) in [4.78, 5) is 28.1. The summed E-state index contributed by atoms with van der Waals surface area (Å²) in [5, 5.41) is 12.7. The number of aromatic nitrogens is 2. The van der Waals surface area contributed by atoms with E-state index in [0.29, 0.717) is 31.0 Å². The summed E-state index contributed by atoms with van der Waals surface area (Å²) in [6, 6.07) is 8.91. The van der Waals surface area contributed by atoms with Crippen molar-refractivity contribution in [3.63, 3.8) is 0 Å². The van der Waals surface area contributed by atoms with Crippen molar-refractivity contribution < 1.29 is 14.3 Å². The molecule has 1 unspecified atom stereocenters. The molecule has 27 heavy (non-hydrogen) atoms. The number of H-pyrrole nitrogens is 1. The SMILES string of the molecule is COc1ccc2c(NC(=O)C3CCCN3C(=O)Cc3cccs3)n[nH]c2c1. The molecule has 0 spiro atoms. The number of carbonyl (C=O) groups excluding carboxylic acids is 2. The van der Waals surface area contributed by atoms with Crippen molar-refractivity contribution >= 4 is 39.9 Å². The Balaban J connectivity index is 1.48. The fourth-order valence-electron chi connectivity index (χ4n) is 3.42. The number of anilines is 1. The van der Waals surface area contributed by atoms with Crippen LogP contribution in [0.5, 0.6) is 5.75 Å². The maximum Gasteiger partial charge on any atom is 0.248 e. The number of rotatable bonds is 5. The molecule has 1 aliphatic rings. The summed E-state index contributed by atoms with van der Waals surface area (Å²) >= 11 is 1.56. The lowest BCUT2D eigenvalue weighted by Gasteiger charge is -2.23. The smallest absolute Gasteiger partial charge is 0.248 e. The van der Waals surface area contributed by atoms with Gasteiger partial charge in [0.1, 0.15) is 11.8 Å². The number of nitrogens with zero attached hydrogens (tertiary/aromatic N) is 2. The molecule has 1 aromatic carbocycles. The first-order valence-electron chi connectivity index (χ1n) is 8.80. The van der Waals surface area contributed by atoms with Gasteiger partial charge in [-0.2, -0.15) is 5.10 Å². The van der Waals surface area contributed by atoms with Crippen LogP contribution in [0.3, 0.4) is 0 Å². The van der Waals surface area contributed by atoms with Crippen molar-refractivity contribution in [2.24, 2.45) is 0 Å². The second-order valence-corrected chi connectivity index (χ2v) is 7.51. The van der Waals surface area contributed by atoms with E-state index in [4.69, 9.17) is 4.74 Å². The third-order valence-electron chi connectivity index (χ3n) is 4.79. The number of aromatic amines is 1. The highest BCUT2D eigenvalue weighted by atomic mass is 32.1. The topological polar surface area (TPSA) is 87.3 Å². The number of fused-ring (bicyclic) bond motifs is 1. The Morgan fingerprint density at radius 1 is 1.41 bits per heavy atom. The first-order chi connectivity index (χ1) is 13.2. The summed E-state index contributed by atoms with van der Waals surface area (Å²) in [5.74, 6) is 0.975. The van der Waals surface area contributed by atoms with E-state index in [1.807, 2.05) is 35.7 Å². The molecule has 2 N–H and O–H groups in total. The molecule has 2 amide bonds. The van der Waals surface area contributed by atoms with Gasteiger partial charge < -0.3 is 15.0 Å². The van der Waals surface area contributed by atoms with E-state index in [-0.39, 0.29) is 11.8 Å². The van der Waals surface area contributed by atoms with Crippen LogP contribution in [0.25, 0.3) is 10.9 Å². The minimum absolute atomic E-state index is 0.00766. The Morgan fingerprint density at radius 2 is 2.30 bits per heavy atom. The van der Waals surface area contributed by atoms with Gasteiger partial charge in [-0.1, -0.05) is 6.07 Å². The molecule has 0 radical (unpaired) electrons. The zero-order chi connectivity index (χ0) is 18.8. The van der Waals surface area contributed by atoms with Crippen LogP contribution in [0.2, 0.25) is 0 Å². The van der Waals surface area contributed by atoms with Gasteiger partial charge in [0, 0.05) is 22.9 Å². The zero-order valence-electron chi connectivity index (χ0n) is 14.9. The molecule has 3 heterocycles. The molecule has 8 heteroatoms. The van der Waals surface area contributed by atoms with Gasteiger partial charge in [-0.15, -0.1) is 11.3 Å². The molecule has 0 bridgehead atoms. The lowest BCUT2D eigenvalue weighted by molar-refractivity contribution is -0.136. The predicted molar refractivity (Wildman–Crippen MR) is 104 cm³/mol. The average Bonchev–Trinajstić information content (AvgIpc) is 3.42. The van der Waals surface area contributed by atoms with Crippen LogP contribution in [0.15, 0.2) is 35.7 Å². The van der Waals surface area contributed by atoms with E-state index in [0.717, 1.165) is 22.2 Å². The molecule has 1 atom stereocenters. The van der Waals surface area contributed by atoms with Crippen LogP contribution in [-0.2, 0) is 16.0 Å². The van der Waals surface area contributed by atoms with Gasteiger partial charge in [0.05, 0.1) is 19.0 Å². The summed E-state index contributed by atoms with van der Waals surface area (Å²) in [6.07, 6.45) is 1.83. The number of hydrogen-bond acceptors (Lipinski definition) is 5. The standard InChI is InChI=1S/C19H20N4O3S/c1-26-12-6-7-14-15(10-12)21-22-18(14)20-19(25)16-5-2-8-23(16)17(24)11-13-4-3-9-27-13/h3-4,6-7,9-10,16H,2,5,8,11H2,1H3,(H2,20,21,22,25). The van der Waals surface area contributed by atoms with Crippen molar-refractivity contribution in [2.75, 3.05) is 19.0 Å². The van der Waals surface area contributed by atoms with Gasteiger partial charge in [-0.3, -0.25) is 14.7 Å². The summed E-state index contributed by atoms with van der Waals surface area (Å²) in [7, 11) is 1.60. The Morgan fingerprint density at radius 3 is 3.07 bits per heavy atom. The number of likely N-dealkylation sites (tertiary alicyclic amines) is 1. The number of methoxy groups -OCH3 is 1. The van der Waals surface area contributed by atoms with E-state index in [1.165, 1.54) is 0 Å². The normalized spacial score (nSPS) is 16.6. The largest absolute Gasteiger partial charge is 0.497 e. The van der Waals surface area contributed by atoms with Crippen molar-refractivity contribution in [1.82, 2.24) is 15.1 Å². The van der Waals surface area contributed by atoms with Crippen LogP contribution in [0, 0.1) is 0 Å². The zero-order valence-corrected chi connectivity index (χ0v) is 15.7. The summed E-state index contributed by atoms with van der Waals surface area (Å²) in [6.45, 7) is 0.612. The molecular weight excluding hydrogens is 364 g/mol. The van der Waals surface area contributed by atoms with Gasteiger partial charge in [0.15, 0.2) is 5.82 Å². The molecule has 2 aromatic heterocycles. The lowest BCUT2D eigenvalue weighted by Crippen LogP contribution is -2.43. The second kappa shape index (κ2) is 7.40. The summed E-state index contributed by atoms with van der Waals surface area (Å²) < 4.78 is 5.20. The van der Waals surface area contributed by atoms with Crippen molar-refractivity contribution in [3.8, 4) is 5.75 Å². The van der Waals surface area contributed by atoms with Crippen LogP contribution < -0.4 is 10.1 Å². The van der Waals surface area contributed by atoms with Crippen molar-refractivity contribution in [3.05, 3.63) is 40.6 Å². The molecule has 0 saturated carbocycles. The molecular formula is C19H20N4O3S. The van der Waals surface area contributed by atoms with Crippen LogP contribution >= 0.6 is 11.3 Å². The maximum absolute atomic E-state index is 12.8. The Kier molecular flexibility index (Phi) is 4.81. The molecule has 1 saturated heterocycles. The number of benzene rings is 1. The first-order valence-corrected chi connectivity index (χ1v) is 9.68. The minimum atomic E-state index is -0.456. The van der Waals surface area contributed by atoms with Crippen LogP contribution in [0.1, 0.15) is 17.7 Å². The third-order valence-corrected chi connectivity index (χ3v) is 5.67. The van der Waals surface area contributed by atoms with Gasteiger partial charge in [-0.05, 0) is 36.4 Å². The number of carbonyl (C=O) groups is 2. The van der Waals surface area contributed by atoms with Gasteiger partial charge in [0.25, 0.3) is 0 Å². The highest BCUT2D eigenvalue weighted by Crippen LogP contribution is 2.26. The Hall–Kier alpha value is -2.87. The van der Waals surface area contributed by atoms with E-state index in [9.17, 15) is 9.59 Å². The molecule has 7 nitrogen and oxygen atoms in total. The van der Waals surface area contributed by atoms with Crippen LogP contribution in [0.4, 0.5) is 5.82 Å². The Labute approximate surface area is 160 Å². The predicted octanol–water partition coefficient (Wildman–Crippen LogP) is 2.81. The fourth-order valence-corrected chi connectivity index (χ4v) is 4.12. The quantitative estimate of drug-likeness (QED) is 0.708. The molecule has 4 rings (SSSR count). The lowest BCUT2D eigenvalue weighted by atomic mass is 10.2. The van der Waals surface area contributed by atoms with E-state index in [1.54, 1.807) is 23.3 Å². The molecule has 1 aliphatic heterocycles. The molecule has 0 aliphatic carbocycles. The van der Waals surface area contributed by atoms with Crippen molar-refractivity contribution in [1.29, 1.82) is 0 Å². The summed E-state index contributed by atoms with van der Waals surface area (Å²) in [5.41, 5.74) is 0.779. The number of nitrogens with one attached hydrogen (secondary N) is 2. The molecule has 1 fully saturated rings. The number of hydrogen-bond donors (Lipinski definition) is 2. The van der Waals surface area contributed by atoms with E-state index < -0.39 is 6.04 Å². The first kappa shape index (κ1) is 17.5. The monoisotopic (exact) mass is 384 g/mol. The minimum Gasteiger partial charge on any atom is -0.497 e. The van der Waals surface area contributed by atoms with Gasteiger partial charge in [-0.25, -0.2) is 0 Å². The maximum atomic E-state index is 12.8. The Bertz CT molecular complexity index is 967. The number of ether oxygens (including phenoxy) is 1. The van der Waals surface area contributed by atoms with E-state index in [2.05, 4.69) is 15.5 Å². The fraction of sp³-hybridized carbons (Fsp3) is 0.316. The highest BCUT2D eigenvalue weighted by Gasteiger charge is 2.34. The molecule has 3 aromatic rings. The van der Waals surface area contributed by atoms with Crippen LogP contribution in [-0.4, -0.2) is 46.6 Å². The number of thiophene rings is 1. The van der Waals surface area contributed by atoms with Crippen molar-refractivity contribution in [2.45, 2.75) is 25.3 Å². The molecule has 140 valence electrons. The second-order valence-electron chi connectivity index (χ2n) is 6.47. The average molecular weight is 384 g/mol. The number of amides is 2. The highest BCUT2D eigenvalue weighted by molar-refractivity contribution is 7.10. The van der Waals surface area contributed by atoms with Gasteiger partial charge >= 0.3 is 0 Å².